The van der Waals surface area contributed by atoms with Crippen LogP contribution in [0.3, 0.4) is 0 Å². The van der Waals surface area contributed by atoms with Crippen LogP contribution in [0.2, 0.25) is 0 Å². The van der Waals surface area contributed by atoms with E-state index in [9.17, 15) is 0 Å². The molecule has 0 spiro atoms. The molecule has 0 saturated carbocycles. The largest absolute Gasteiger partial charge is 0.376 e. The van der Waals surface area contributed by atoms with Crippen LogP contribution in [-0.2, 0) is 4.74 Å². The first-order valence-electron chi connectivity index (χ1n) is 7.67. The minimum Gasteiger partial charge on any atom is -0.376 e. The third-order valence-corrected chi connectivity index (χ3v) is 3.46. The highest BCUT2D eigenvalue weighted by atomic mass is 16.5. The number of hydrogen-bond donors (Lipinski definition) is 1. The van der Waals surface area contributed by atoms with Crippen LogP contribution in [0, 0.1) is 0 Å². The molecule has 1 unspecified atom stereocenters. The van der Waals surface area contributed by atoms with Gasteiger partial charge in [0.1, 0.15) is 0 Å². The van der Waals surface area contributed by atoms with Crippen LogP contribution in [0.1, 0.15) is 26.7 Å². The van der Waals surface area contributed by atoms with Crippen LogP contribution >= 0.6 is 0 Å². The molecule has 0 aromatic carbocycles. The zero-order valence-electron chi connectivity index (χ0n) is 13.5. The number of hydrogen-bond acceptors (Lipinski definition) is 7. The number of ether oxygens (including phenoxy) is 1. The molecule has 1 atom stereocenters. The maximum Gasteiger partial charge on any atom is 0.232 e. The van der Waals surface area contributed by atoms with E-state index in [0.717, 1.165) is 39.1 Å². The fraction of sp³-hybridized carbons (Fsp3) is 0.786. The van der Waals surface area contributed by atoms with Crippen LogP contribution in [0.15, 0.2) is 0 Å². The third kappa shape index (κ3) is 4.17. The van der Waals surface area contributed by atoms with Crippen molar-refractivity contribution >= 4 is 17.8 Å². The smallest absolute Gasteiger partial charge is 0.232 e. The molecule has 1 aromatic heterocycles. The van der Waals surface area contributed by atoms with Gasteiger partial charge in [-0.05, 0) is 26.7 Å². The van der Waals surface area contributed by atoms with Gasteiger partial charge in [0.2, 0.25) is 17.8 Å². The van der Waals surface area contributed by atoms with Crippen LogP contribution < -0.4 is 15.1 Å². The summed E-state index contributed by atoms with van der Waals surface area (Å²) in [7, 11) is 3.87. The van der Waals surface area contributed by atoms with Crippen molar-refractivity contribution in [2.24, 2.45) is 0 Å². The Morgan fingerprint density at radius 1 is 1.19 bits per heavy atom. The lowest BCUT2D eigenvalue weighted by Crippen LogP contribution is -2.34. The van der Waals surface area contributed by atoms with Gasteiger partial charge in [-0.25, -0.2) is 0 Å². The van der Waals surface area contributed by atoms with Crippen molar-refractivity contribution in [1.82, 2.24) is 15.0 Å². The normalized spacial score (nSPS) is 17.8. The van der Waals surface area contributed by atoms with Crippen LogP contribution in [-0.4, -0.2) is 61.4 Å². The number of aromatic nitrogens is 3. The topological polar surface area (TPSA) is 66.4 Å². The second-order valence-electron chi connectivity index (χ2n) is 5.36. The minimum absolute atomic E-state index is 0.284. The lowest BCUT2D eigenvalue weighted by atomic mass is 10.2. The average Bonchev–Trinajstić information content (AvgIpc) is 2.97. The van der Waals surface area contributed by atoms with Gasteiger partial charge in [-0.1, -0.05) is 0 Å². The van der Waals surface area contributed by atoms with E-state index in [2.05, 4.69) is 32.1 Å². The van der Waals surface area contributed by atoms with Crippen molar-refractivity contribution in [3.63, 3.8) is 0 Å². The fourth-order valence-electron chi connectivity index (χ4n) is 2.32. The van der Waals surface area contributed by atoms with Crippen molar-refractivity contribution in [2.45, 2.75) is 32.8 Å². The van der Waals surface area contributed by atoms with Crippen molar-refractivity contribution in [1.29, 1.82) is 0 Å². The van der Waals surface area contributed by atoms with E-state index in [1.165, 1.54) is 0 Å². The summed E-state index contributed by atoms with van der Waals surface area (Å²) >= 11 is 0. The van der Waals surface area contributed by atoms with Crippen molar-refractivity contribution in [2.75, 3.05) is 55.5 Å². The summed E-state index contributed by atoms with van der Waals surface area (Å²) in [6.07, 6.45) is 2.54. The average molecular weight is 294 g/mol. The molecule has 0 aliphatic carbocycles. The molecule has 2 rings (SSSR count). The first kappa shape index (κ1) is 15.8. The van der Waals surface area contributed by atoms with Crippen LogP contribution in [0.5, 0.6) is 0 Å². The van der Waals surface area contributed by atoms with E-state index < -0.39 is 0 Å². The monoisotopic (exact) mass is 294 g/mol. The molecule has 1 aliphatic rings. The quantitative estimate of drug-likeness (QED) is 0.814. The molecule has 1 N–H and O–H groups in total. The van der Waals surface area contributed by atoms with Gasteiger partial charge >= 0.3 is 0 Å². The number of anilines is 3. The molecule has 1 fully saturated rings. The first-order valence-corrected chi connectivity index (χ1v) is 7.67. The van der Waals surface area contributed by atoms with Crippen LogP contribution in [0.25, 0.3) is 0 Å². The Morgan fingerprint density at radius 2 is 1.95 bits per heavy atom. The SMILES string of the molecule is CCNc1nc(N(C)C)nc(N(CC)CC2CCCO2)n1. The highest BCUT2D eigenvalue weighted by Gasteiger charge is 2.21. The van der Waals surface area contributed by atoms with Crippen molar-refractivity contribution in [3.8, 4) is 0 Å². The molecule has 0 amide bonds. The minimum atomic E-state index is 0.284. The van der Waals surface area contributed by atoms with Gasteiger partial charge in [0, 0.05) is 40.3 Å². The molecule has 7 nitrogen and oxygen atoms in total. The zero-order chi connectivity index (χ0) is 15.2. The Balaban J connectivity index is 2.21. The fourth-order valence-corrected chi connectivity index (χ4v) is 2.32. The lowest BCUT2D eigenvalue weighted by Gasteiger charge is -2.25. The van der Waals surface area contributed by atoms with Gasteiger partial charge in [-0.3, -0.25) is 0 Å². The summed E-state index contributed by atoms with van der Waals surface area (Å²) in [5.74, 6) is 2.00. The molecular formula is C14H26N6O. The lowest BCUT2D eigenvalue weighted by molar-refractivity contribution is 0.115. The molecule has 1 saturated heterocycles. The number of nitrogens with one attached hydrogen (secondary N) is 1. The maximum absolute atomic E-state index is 5.72. The first-order chi connectivity index (χ1) is 10.1. The zero-order valence-corrected chi connectivity index (χ0v) is 13.5. The second-order valence-corrected chi connectivity index (χ2v) is 5.36. The van der Waals surface area contributed by atoms with Gasteiger partial charge in [0.05, 0.1) is 6.10 Å². The molecule has 118 valence electrons. The predicted octanol–water partition coefficient (Wildman–Crippen LogP) is 1.37. The predicted molar refractivity (Wildman–Crippen MR) is 85.2 cm³/mol. The molecule has 7 heteroatoms. The van der Waals surface area contributed by atoms with E-state index in [1.54, 1.807) is 0 Å². The highest BCUT2D eigenvalue weighted by Crippen LogP contribution is 2.19. The van der Waals surface area contributed by atoms with Gasteiger partial charge in [-0.2, -0.15) is 15.0 Å². The molecular weight excluding hydrogens is 268 g/mol. The van der Waals surface area contributed by atoms with E-state index in [1.807, 2.05) is 25.9 Å². The number of rotatable bonds is 7. The second kappa shape index (κ2) is 7.40. The summed E-state index contributed by atoms with van der Waals surface area (Å²) in [6, 6.07) is 0. The van der Waals surface area contributed by atoms with Crippen molar-refractivity contribution < 1.29 is 4.74 Å². The van der Waals surface area contributed by atoms with E-state index in [0.29, 0.717) is 17.8 Å². The summed E-state index contributed by atoms with van der Waals surface area (Å²) in [5, 5.41) is 3.17. The number of likely N-dealkylation sites (N-methyl/N-ethyl adjacent to an activating group) is 1. The van der Waals surface area contributed by atoms with E-state index in [4.69, 9.17) is 4.74 Å². The van der Waals surface area contributed by atoms with Crippen molar-refractivity contribution in [3.05, 3.63) is 0 Å². The summed E-state index contributed by atoms with van der Waals surface area (Å²) in [4.78, 5) is 17.6. The Kier molecular flexibility index (Phi) is 5.55. The third-order valence-electron chi connectivity index (χ3n) is 3.46. The van der Waals surface area contributed by atoms with Gasteiger partial charge < -0.3 is 19.9 Å². The van der Waals surface area contributed by atoms with Gasteiger partial charge in [0.25, 0.3) is 0 Å². The summed E-state index contributed by atoms with van der Waals surface area (Å²) in [6.45, 7) is 7.48. The highest BCUT2D eigenvalue weighted by molar-refractivity contribution is 5.44. The Morgan fingerprint density at radius 3 is 2.52 bits per heavy atom. The molecule has 0 bridgehead atoms. The Bertz CT molecular complexity index is 447. The number of nitrogens with zero attached hydrogens (tertiary/aromatic N) is 5. The van der Waals surface area contributed by atoms with E-state index >= 15 is 0 Å². The van der Waals surface area contributed by atoms with Crippen LogP contribution in [0.4, 0.5) is 17.8 Å². The Hall–Kier alpha value is -1.63. The molecule has 1 aliphatic heterocycles. The van der Waals surface area contributed by atoms with Gasteiger partial charge in [-0.15, -0.1) is 0 Å². The molecule has 21 heavy (non-hydrogen) atoms. The Labute approximate surface area is 126 Å². The summed E-state index contributed by atoms with van der Waals surface area (Å²) < 4.78 is 5.72. The molecule has 2 heterocycles. The standard InChI is InChI=1S/C14H26N6O/c1-5-15-12-16-13(19(3)4)18-14(17-12)20(6-2)10-11-8-7-9-21-11/h11H,5-10H2,1-4H3,(H,15,16,17,18). The maximum atomic E-state index is 5.72. The van der Waals surface area contributed by atoms with Gasteiger partial charge in [0.15, 0.2) is 0 Å². The summed E-state index contributed by atoms with van der Waals surface area (Å²) in [5.41, 5.74) is 0. The van der Waals surface area contributed by atoms with E-state index in [-0.39, 0.29) is 6.10 Å². The molecule has 0 radical (unpaired) electrons. The molecule has 1 aromatic rings.